The van der Waals surface area contributed by atoms with Gasteiger partial charge in [-0.05, 0) is 36.4 Å². The fourth-order valence-electron chi connectivity index (χ4n) is 1.49. The summed E-state index contributed by atoms with van der Waals surface area (Å²) in [6.07, 6.45) is 0.219. The third-order valence-electron chi connectivity index (χ3n) is 2.42. The predicted molar refractivity (Wildman–Crippen MR) is 73.7 cm³/mol. The molecule has 0 aliphatic heterocycles. The van der Waals surface area contributed by atoms with E-state index in [1.807, 2.05) is 30.3 Å². The second kappa shape index (κ2) is 6.05. The van der Waals surface area contributed by atoms with Gasteiger partial charge in [0.05, 0.1) is 6.42 Å². The molecule has 0 N–H and O–H groups in total. The van der Waals surface area contributed by atoms with E-state index in [1.165, 1.54) is 0 Å². The van der Waals surface area contributed by atoms with E-state index in [4.69, 9.17) is 11.6 Å². The van der Waals surface area contributed by atoms with Crippen molar-refractivity contribution in [1.82, 2.24) is 0 Å². The van der Waals surface area contributed by atoms with E-state index in [1.54, 1.807) is 24.3 Å². The maximum absolute atomic E-state index is 11.8. The van der Waals surface area contributed by atoms with Crippen LogP contribution in [0.25, 0.3) is 0 Å². The third-order valence-corrected chi connectivity index (χ3v) is 2.67. The van der Waals surface area contributed by atoms with Crippen LogP contribution in [0.2, 0.25) is 5.02 Å². The number of hydrogen-bond acceptors (Lipinski definition) is 1. The Hall–Kier alpha value is -2.04. The van der Waals surface area contributed by atoms with E-state index < -0.39 is 0 Å². The van der Waals surface area contributed by atoms with Crippen molar-refractivity contribution in [2.75, 3.05) is 0 Å². The Balaban J connectivity index is 2.01. The number of hydrogen-bond donors (Lipinski definition) is 0. The lowest BCUT2D eigenvalue weighted by molar-refractivity contribution is 0.0998. The van der Waals surface area contributed by atoms with Crippen LogP contribution in [-0.4, -0.2) is 5.78 Å². The fourth-order valence-corrected chi connectivity index (χ4v) is 1.61. The lowest BCUT2D eigenvalue weighted by Crippen LogP contribution is -1.96. The number of ketones is 1. The van der Waals surface area contributed by atoms with Gasteiger partial charge in [0.15, 0.2) is 5.78 Å². The van der Waals surface area contributed by atoms with Crippen LogP contribution in [0.1, 0.15) is 22.3 Å². The number of Topliss-reactive ketones (excluding diaryl/α,β-unsaturated/α-hetero) is 1. The van der Waals surface area contributed by atoms with Gasteiger partial charge in [-0.15, -0.1) is 0 Å². The first-order valence-electron chi connectivity index (χ1n) is 5.58. The molecule has 0 saturated carbocycles. The number of carbonyl (C=O) groups is 1. The van der Waals surface area contributed by atoms with Gasteiger partial charge < -0.3 is 0 Å². The summed E-state index contributed by atoms with van der Waals surface area (Å²) < 4.78 is 0. The average Bonchev–Trinajstić information content (AvgIpc) is 2.40. The van der Waals surface area contributed by atoms with Crippen LogP contribution >= 0.6 is 11.6 Å². The highest BCUT2D eigenvalue weighted by molar-refractivity contribution is 6.30. The number of rotatable bonds is 2. The molecule has 0 bridgehead atoms. The van der Waals surface area contributed by atoms with Crippen LogP contribution < -0.4 is 0 Å². The Morgan fingerprint density at radius 2 is 1.67 bits per heavy atom. The lowest BCUT2D eigenvalue weighted by Gasteiger charge is -1.96. The van der Waals surface area contributed by atoms with Gasteiger partial charge >= 0.3 is 0 Å². The van der Waals surface area contributed by atoms with Gasteiger partial charge in [-0.3, -0.25) is 4.79 Å². The zero-order valence-electron chi connectivity index (χ0n) is 9.69. The normalized spacial score (nSPS) is 9.39. The van der Waals surface area contributed by atoms with Crippen molar-refractivity contribution in [1.29, 1.82) is 0 Å². The minimum atomic E-state index is 0.00935. The molecular formula is C16H11ClO. The van der Waals surface area contributed by atoms with Crippen molar-refractivity contribution in [3.8, 4) is 11.8 Å². The van der Waals surface area contributed by atoms with E-state index in [0.717, 1.165) is 5.56 Å². The topological polar surface area (TPSA) is 17.1 Å². The molecule has 0 unspecified atom stereocenters. The molecule has 0 saturated heterocycles. The zero-order valence-corrected chi connectivity index (χ0v) is 10.4. The molecule has 0 radical (unpaired) electrons. The molecule has 0 aromatic heterocycles. The van der Waals surface area contributed by atoms with E-state index in [-0.39, 0.29) is 12.2 Å². The van der Waals surface area contributed by atoms with Gasteiger partial charge in [0.25, 0.3) is 0 Å². The highest BCUT2D eigenvalue weighted by Gasteiger charge is 2.02. The van der Waals surface area contributed by atoms with E-state index in [0.29, 0.717) is 10.6 Å². The van der Waals surface area contributed by atoms with Crippen LogP contribution in [0.4, 0.5) is 0 Å². The summed E-state index contributed by atoms with van der Waals surface area (Å²) in [7, 11) is 0. The highest BCUT2D eigenvalue weighted by atomic mass is 35.5. The standard InChI is InChI=1S/C16H11ClO/c17-15-11-9-14(10-12-15)16(18)8-4-7-13-5-2-1-3-6-13/h1-3,5-6,9-12H,8H2. The molecule has 1 nitrogen and oxygen atoms in total. The molecule has 0 heterocycles. The summed E-state index contributed by atoms with van der Waals surface area (Å²) in [5.74, 6) is 5.85. The maximum Gasteiger partial charge on any atom is 0.174 e. The highest BCUT2D eigenvalue weighted by Crippen LogP contribution is 2.10. The number of benzene rings is 2. The van der Waals surface area contributed by atoms with Gasteiger partial charge in [0, 0.05) is 16.1 Å². The van der Waals surface area contributed by atoms with E-state index in [2.05, 4.69) is 11.8 Å². The molecule has 88 valence electrons. The molecule has 0 aliphatic rings. The summed E-state index contributed by atoms with van der Waals surface area (Å²) in [5.41, 5.74) is 1.56. The Morgan fingerprint density at radius 3 is 2.33 bits per heavy atom. The Morgan fingerprint density at radius 1 is 1.00 bits per heavy atom. The predicted octanol–water partition coefficient (Wildman–Crippen LogP) is 3.96. The monoisotopic (exact) mass is 254 g/mol. The summed E-state index contributed by atoms with van der Waals surface area (Å²) in [6.45, 7) is 0. The van der Waals surface area contributed by atoms with Crippen molar-refractivity contribution in [2.45, 2.75) is 6.42 Å². The van der Waals surface area contributed by atoms with E-state index >= 15 is 0 Å². The Kier molecular flexibility index (Phi) is 4.17. The summed E-state index contributed by atoms with van der Waals surface area (Å²) in [6, 6.07) is 16.5. The molecule has 0 spiro atoms. The minimum Gasteiger partial charge on any atom is -0.293 e. The number of carbonyl (C=O) groups excluding carboxylic acids is 1. The molecular weight excluding hydrogens is 244 g/mol. The largest absolute Gasteiger partial charge is 0.293 e. The first kappa shape index (κ1) is 12.4. The second-order valence-corrected chi connectivity index (χ2v) is 4.21. The van der Waals surface area contributed by atoms with Gasteiger partial charge in [0.2, 0.25) is 0 Å². The quantitative estimate of drug-likeness (QED) is 0.586. The fraction of sp³-hybridized carbons (Fsp3) is 0.0625. The van der Waals surface area contributed by atoms with Crippen molar-refractivity contribution < 1.29 is 4.79 Å². The molecule has 2 rings (SSSR count). The molecule has 2 heteroatoms. The SMILES string of the molecule is O=C(CC#Cc1ccccc1)c1ccc(Cl)cc1. The molecule has 0 fully saturated rings. The van der Waals surface area contributed by atoms with Crippen LogP contribution in [0, 0.1) is 11.8 Å². The zero-order chi connectivity index (χ0) is 12.8. The molecule has 2 aromatic rings. The Bertz CT molecular complexity index is 588. The van der Waals surface area contributed by atoms with Crippen LogP contribution in [0.15, 0.2) is 54.6 Å². The second-order valence-electron chi connectivity index (χ2n) is 3.77. The van der Waals surface area contributed by atoms with Gasteiger partial charge in [-0.25, -0.2) is 0 Å². The Labute approximate surface area is 111 Å². The average molecular weight is 255 g/mol. The molecule has 0 amide bonds. The van der Waals surface area contributed by atoms with Gasteiger partial charge in [-0.1, -0.05) is 41.6 Å². The van der Waals surface area contributed by atoms with Crippen LogP contribution in [0.5, 0.6) is 0 Å². The van der Waals surface area contributed by atoms with Gasteiger partial charge in [0.1, 0.15) is 0 Å². The van der Waals surface area contributed by atoms with Crippen molar-refractivity contribution in [2.24, 2.45) is 0 Å². The molecule has 2 aromatic carbocycles. The van der Waals surface area contributed by atoms with Crippen molar-refractivity contribution >= 4 is 17.4 Å². The lowest BCUT2D eigenvalue weighted by atomic mass is 10.1. The van der Waals surface area contributed by atoms with Crippen LogP contribution in [0.3, 0.4) is 0 Å². The molecule has 0 aliphatic carbocycles. The van der Waals surface area contributed by atoms with Crippen LogP contribution in [-0.2, 0) is 0 Å². The summed E-state index contributed by atoms with van der Waals surface area (Å²) in [5, 5.41) is 0.627. The maximum atomic E-state index is 11.8. The summed E-state index contributed by atoms with van der Waals surface area (Å²) in [4.78, 5) is 11.8. The summed E-state index contributed by atoms with van der Waals surface area (Å²) >= 11 is 5.76. The first-order chi connectivity index (χ1) is 8.75. The minimum absolute atomic E-state index is 0.00935. The molecule has 18 heavy (non-hydrogen) atoms. The van der Waals surface area contributed by atoms with E-state index in [9.17, 15) is 4.79 Å². The van der Waals surface area contributed by atoms with Crippen molar-refractivity contribution in [3.05, 3.63) is 70.7 Å². The molecule has 0 atom stereocenters. The van der Waals surface area contributed by atoms with Crippen molar-refractivity contribution in [3.63, 3.8) is 0 Å². The number of halogens is 1. The van der Waals surface area contributed by atoms with Gasteiger partial charge in [-0.2, -0.15) is 0 Å². The third kappa shape index (κ3) is 3.48. The first-order valence-corrected chi connectivity index (χ1v) is 5.96. The smallest absolute Gasteiger partial charge is 0.174 e.